The van der Waals surface area contributed by atoms with E-state index in [1.165, 1.54) is 12.1 Å². The van der Waals surface area contributed by atoms with Crippen LogP contribution in [0, 0.1) is 5.82 Å². The van der Waals surface area contributed by atoms with Gasteiger partial charge in [0.25, 0.3) is 0 Å². The van der Waals surface area contributed by atoms with Crippen molar-refractivity contribution < 1.29 is 4.39 Å². The van der Waals surface area contributed by atoms with Crippen LogP contribution in [0.2, 0.25) is 0 Å². The molecule has 1 aromatic carbocycles. The van der Waals surface area contributed by atoms with Gasteiger partial charge in [-0.05, 0) is 36.4 Å². The number of halogens is 2. The van der Waals surface area contributed by atoms with Gasteiger partial charge in [0.2, 0.25) is 0 Å². The molecule has 0 N–H and O–H groups in total. The quantitative estimate of drug-likeness (QED) is 0.687. The molecular formula is C14H11ClFN3. The van der Waals surface area contributed by atoms with Crippen LogP contribution in [0.3, 0.4) is 0 Å². The largest absolute Gasteiger partial charge is 0.281 e. The third-order valence-electron chi connectivity index (χ3n) is 2.89. The van der Waals surface area contributed by atoms with Crippen LogP contribution in [0.5, 0.6) is 0 Å². The molecule has 0 bridgehead atoms. The predicted octanol–water partition coefficient (Wildman–Crippen LogP) is 3.34. The zero-order chi connectivity index (χ0) is 13.2. The molecule has 0 atom stereocenters. The molecule has 0 saturated carbocycles. The fraction of sp³-hybridized carbons (Fsp3) is 0.143. The molecule has 0 fully saturated rings. The van der Waals surface area contributed by atoms with Gasteiger partial charge >= 0.3 is 0 Å². The highest BCUT2D eigenvalue weighted by Crippen LogP contribution is 2.20. The summed E-state index contributed by atoms with van der Waals surface area (Å²) in [5.41, 5.74) is 2.41. The lowest BCUT2D eigenvalue weighted by atomic mass is 10.3. The highest BCUT2D eigenvalue weighted by molar-refractivity contribution is 6.17. The van der Waals surface area contributed by atoms with E-state index >= 15 is 0 Å². The highest BCUT2D eigenvalue weighted by Gasteiger charge is 2.12. The first-order valence-corrected chi connectivity index (χ1v) is 6.47. The molecule has 19 heavy (non-hydrogen) atoms. The van der Waals surface area contributed by atoms with Gasteiger partial charge in [-0.3, -0.25) is 4.57 Å². The maximum absolute atomic E-state index is 13.0. The zero-order valence-electron chi connectivity index (χ0n) is 10.1. The number of aryl methyl sites for hydroxylation is 1. The number of hydrogen-bond donors (Lipinski definition) is 0. The number of alkyl halides is 1. The van der Waals surface area contributed by atoms with Crippen LogP contribution in [-0.2, 0) is 6.42 Å². The smallest absolute Gasteiger partial charge is 0.164 e. The molecule has 5 heteroatoms. The summed E-state index contributed by atoms with van der Waals surface area (Å²) >= 11 is 5.81. The maximum Gasteiger partial charge on any atom is 0.164 e. The fourth-order valence-electron chi connectivity index (χ4n) is 2.07. The predicted molar refractivity (Wildman–Crippen MR) is 73.2 cm³/mol. The number of rotatable bonds is 3. The van der Waals surface area contributed by atoms with E-state index in [4.69, 9.17) is 11.6 Å². The van der Waals surface area contributed by atoms with E-state index < -0.39 is 0 Å². The first kappa shape index (κ1) is 12.1. The minimum Gasteiger partial charge on any atom is -0.281 e. The van der Waals surface area contributed by atoms with Crippen molar-refractivity contribution in [2.24, 2.45) is 0 Å². The fourth-order valence-corrected chi connectivity index (χ4v) is 2.24. The number of pyridine rings is 1. The molecule has 0 aliphatic rings. The summed E-state index contributed by atoms with van der Waals surface area (Å²) in [7, 11) is 0. The van der Waals surface area contributed by atoms with E-state index in [1.54, 1.807) is 18.3 Å². The lowest BCUT2D eigenvalue weighted by Gasteiger charge is -2.07. The SMILES string of the molecule is Fc1ccc(-n2c(CCCl)nc3cccnc32)cc1. The third kappa shape index (κ3) is 2.19. The van der Waals surface area contributed by atoms with Gasteiger partial charge in [-0.2, -0.15) is 0 Å². The van der Waals surface area contributed by atoms with Crippen molar-refractivity contribution in [1.29, 1.82) is 0 Å². The summed E-state index contributed by atoms with van der Waals surface area (Å²) in [5.74, 6) is 1.04. The van der Waals surface area contributed by atoms with Crippen molar-refractivity contribution in [2.75, 3.05) is 5.88 Å². The molecule has 0 aliphatic carbocycles. The average molecular weight is 276 g/mol. The summed E-state index contributed by atoms with van der Waals surface area (Å²) in [6, 6.07) is 10.0. The van der Waals surface area contributed by atoms with Gasteiger partial charge in [-0.1, -0.05) is 0 Å². The molecule has 2 aromatic heterocycles. The number of fused-ring (bicyclic) bond motifs is 1. The van der Waals surface area contributed by atoms with Gasteiger partial charge in [0, 0.05) is 24.2 Å². The van der Waals surface area contributed by atoms with Crippen LogP contribution in [0.15, 0.2) is 42.6 Å². The minimum atomic E-state index is -0.264. The van der Waals surface area contributed by atoms with Crippen LogP contribution >= 0.6 is 11.6 Å². The molecule has 96 valence electrons. The first-order valence-electron chi connectivity index (χ1n) is 5.94. The van der Waals surface area contributed by atoms with E-state index in [-0.39, 0.29) is 5.82 Å². The standard InChI is InChI=1S/C14H11ClFN3/c15-8-7-13-18-12-2-1-9-17-14(12)19(13)11-5-3-10(16)4-6-11/h1-6,9H,7-8H2. The Morgan fingerprint density at radius 1 is 1.16 bits per heavy atom. The molecule has 3 nitrogen and oxygen atoms in total. The number of hydrogen-bond acceptors (Lipinski definition) is 2. The van der Waals surface area contributed by atoms with Crippen molar-refractivity contribution in [1.82, 2.24) is 14.5 Å². The molecule has 0 unspecified atom stereocenters. The van der Waals surface area contributed by atoms with Gasteiger partial charge < -0.3 is 0 Å². The number of nitrogens with zero attached hydrogens (tertiary/aromatic N) is 3. The van der Waals surface area contributed by atoms with Crippen molar-refractivity contribution >= 4 is 22.8 Å². The molecular weight excluding hydrogens is 265 g/mol. The summed E-state index contributed by atoms with van der Waals surface area (Å²) in [6.07, 6.45) is 2.35. The van der Waals surface area contributed by atoms with Crippen LogP contribution < -0.4 is 0 Å². The Labute approximate surface area is 114 Å². The Morgan fingerprint density at radius 3 is 2.68 bits per heavy atom. The summed E-state index contributed by atoms with van der Waals surface area (Å²) in [5, 5.41) is 0. The Morgan fingerprint density at radius 2 is 1.95 bits per heavy atom. The second-order valence-corrected chi connectivity index (χ2v) is 4.50. The Kier molecular flexibility index (Phi) is 3.17. The molecule has 3 rings (SSSR count). The van der Waals surface area contributed by atoms with E-state index in [9.17, 15) is 4.39 Å². The van der Waals surface area contributed by atoms with Crippen LogP contribution in [0.25, 0.3) is 16.9 Å². The van der Waals surface area contributed by atoms with E-state index in [0.717, 1.165) is 22.7 Å². The minimum absolute atomic E-state index is 0.264. The topological polar surface area (TPSA) is 30.7 Å². The van der Waals surface area contributed by atoms with Crippen LogP contribution in [0.1, 0.15) is 5.82 Å². The second kappa shape index (κ2) is 4.97. The van der Waals surface area contributed by atoms with Crippen LogP contribution in [-0.4, -0.2) is 20.4 Å². The lowest BCUT2D eigenvalue weighted by molar-refractivity contribution is 0.627. The Balaban J connectivity index is 2.24. The first-order chi connectivity index (χ1) is 9.29. The molecule has 0 saturated heterocycles. The number of benzene rings is 1. The normalized spacial score (nSPS) is 11.1. The molecule has 3 aromatic rings. The zero-order valence-corrected chi connectivity index (χ0v) is 10.8. The number of aromatic nitrogens is 3. The van der Waals surface area contributed by atoms with Crippen molar-refractivity contribution in [3.8, 4) is 5.69 Å². The van der Waals surface area contributed by atoms with Gasteiger partial charge in [0.1, 0.15) is 17.2 Å². The van der Waals surface area contributed by atoms with Crippen molar-refractivity contribution in [2.45, 2.75) is 6.42 Å². The summed E-state index contributed by atoms with van der Waals surface area (Å²) in [4.78, 5) is 8.87. The molecule has 0 aliphatic heterocycles. The van der Waals surface area contributed by atoms with Crippen molar-refractivity contribution in [3.63, 3.8) is 0 Å². The molecule has 0 amide bonds. The molecule has 0 spiro atoms. The Hall–Kier alpha value is -1.94. The lowest BCUT2D eigenvalue weighted by Crippen LogP contribution is -2.02. The average Bonchev–Trinajstić information content (AvgIpc) is 2.78. The van der Waals surface area contributed by atoms with Crippen LogP contribution in [0.4, 0.5) is 4.39 Å². The van der Waals surface area contributed by atoms with E-state index in [2.05, 4.69) is 9.97 Å². The summed E-state index contributed by atoms with van der Waals surface area (Å²) < 4.78 is 14.9. The van der Waals surface area contributed by atoms with Gasteiger partial charge in [0.05, 0.1) is 0 Å². The third-order valence-corrected chi connectivity index (χ3v) is 3.08. The van der Waals surface area contributed by atoms with E-state index in [0.29, 0.717) is 12.3 Å². The van der Waals surface area contributed by atoms with Crippen molar-refractivity contribution in [3.05, 3.63) is 54.2 Å². The maximum atomic E-state index is 13.0. The highest BCUT2D eigenvalue weighted by atomic mass is 35.5. The molecule has 2 heterocycles. The summed E-state index contributed by atoms with van der Waals surface area (Å²) in [6.45, 7) is 0. The van der Waals surface area contributed by atoms with Gasteiger partial charge in [-0.25, -0.2) is 14.4 Å². The van der Waals surface area contributed by atoms with Gasteiger partial charge in [-0.15, -0.1) is 11.6 Å². The number of imidazole rings is 1. The van der Waals surface area contributed by atoms with Gasteiger partial charge in [0.15, 0.2) is 5.65 Å². The van der Waals surface area contributed by atoms with E-state index in [1.807, 2.05) is 16.7 Å². The molecule has 0 radical (unpaired) electrons. The second-order valence-electron chi connectivity index (χ2n) is 4.12. The monoisotopic (exact) mass is 275 g/mol. The Bertz CT molecular complexity index is 706.